The number of hydrogen-bond donors (Lipinski definition) is 2. The van der Waals surface area contributed by atoms with E-state index in [0.717, 1.165) is 0 Å². The summed E-state index contributed by atoms with van der Waals surface area (Å²) in [7, 11) is 1.59. The fraction of sp³-hybridized carbons (Fsp3) is 0.500. The van der Waals surface area contributed by atoms with Crippen molar-refractivity contribution in [2.24, 2.45) is 0 Å². The zero-order valence-corrected chi connectivity index (χ0v) is 9.48. The van der Waals surface area contributed by atoms with Gasteiger partial charge in [-0.2, -0.15) is 18.7 Å². The van der Waals surface area contributed by atoms with E-state index in [4.69, 9.17) is 11.6 Å². The minimum Gasteiger partial charge on any atom is -0.428 e. The van der Waals surface area contributed by atoms with Crippen LogP contribution in [-0.4, -0.2) is 30.2 Å². The molecule has 0 saturated carbocycles. The van der Waals surface area contributed by atoms with Crippen molar-refractivity contribution in [3.8, 4) is 5.75 Å². The van der Waals surface area contributed by atoms with Crippen LogP contribution in [0.25, 0.3) is 0 Å². The summed E-state index contributed by atoms with van der Waals surface area (Å²) < 4.78 is 28.5. The quantitative estimate of drug-likeness (QED) is 0.787. The molecule has 5 nitrogen and oxygen atoms in total. The normalized spacial score (nSPS) is 10.4. The van der Waals surface area contributed by atoms with Crippen LogP contribution in [-0.2, 0) is 0 Å². The Morgan fingerprint density at radius 3 is 2.62 bits per heavy atom. The van der Waals surface area contributed by atoms with Crippen molar-refractivity contribution in [3.05, 3.63) is 5.15 Å². The first kappa shape index (κ1) is 12.7. The van der Waals surface area contributed by atoms with Gasteiger partial charge in [0.25, 0.3) is 0 Å². The summed E-state index contributed by atoms with van der Waals surface area (Å²) in [5, 5.41) is 5.25. The molecule has 0 aliphatic heterocycles. The Hall–Kier alpha value is -1.37. The first-order valence-corrected chi connectivity index (χ1v) is 4.90. The van der Waals surface area contributed by atoms with Gasteiger partial charge >= 0.3 is 6.61 Å². The molecule has 1 rings (SSSR count). The van der Waals surface area contributed by atoms with E-state index in [1.165, 1.54) is 0 Å². The lowest BCUT2D eigenvalue weighted by Gasteiger charge is -2.12. The van der Waals surface area contributed by atoms with E-state index in [0.29, 0.717) is 6.54 Å². The molecule has 90 valence electrons. The van der Waals surface area contributed by atoms with Gasteiger partial charge in [0.2, 0.25) is 11.7 Å². The molecule has 0 fully saturated rings. The SMILES string of the molecule is CCNc1nc(NC)nc(Cl)c1OC(F)F. The van der Waals surface area contributed by atoms with Crippen molar-refractivity contribution >= 4 is 23.4 Å². The van der Waals surface area contributed by atoms with Crippen LogP contribution >= 0.6 is 11.6 Å². The Balaban J connectivity index is 3.11. The minimum atomic E-state index is -2.97. The minimum absolute atomic E-state index is 0.132. The summed E-state index contributed by atoms with van der Waals surface area (Å²) in [5.74, 6) is 0.104. The Morgan fingerprint density at radius 2 is 2.12 bits per heavy atom. The third-order valence-corrected chi connectivity index (χ3v) is 1.86. The van der Waals surface area contributed by atoms with Gasteiger partial charge in [-0.05, 0) is 6.92 Å². The predicted molar refractivity (Wildman–Crippen MR) is 57.4 cm³/mol. The summed E-state index contributed by atoms with van der Waals surface area (Å²) in [4.78, 5) is 7.65. The molecule has 0 radical (unpaired) electrons. The molecule has 1 aromatic rings. The van der Waals surface area contributed by atoms with E-state index >= 15 is 0 Å². The third-order valence-electron chi connectivity index (χ3n) is 1.60. The Bertz CT molecular complexity index is 364. The van der Waals surface area contributed by atoms with Gasteiger partial charge in [0, 0.05) is 13.6 Å². The lowest BCUT2D eigenvalue weighted by molar-refractivity contribution is -0.0497. The zero-order valence-electron chi connectivity index (χ0n) is 8.72. The number of rotatable bonds is 5. The van der Waals surface area contributed by atoms with Crippen LogP contribution in [0.15, 0.2) is 0 Å². The van der Waals surface area contributed by atoms with Crippen molar-refractivity contribution in [2.45, 2.75) is 13.5 Å². The molecule has 0 saturated heterocycles. The van der Waals surface area contributed by atoms with Gasteiger partial charge in [0.1, 0.15) is 0 Å². The number of halogens is 3. The number of aromatic nitrogens is 2. The van der Waals surface area contributed by atoms with Gasteiger partial charge in [-0.25, -0.2) is 0 Å². The Kier molecular flexibility index (Phi) is 4.48. The zero-order chi connectivity index (χ0) is 12.1. The number of hydrogen-bond acceptors (Lipinski definition) is 5. The van der Waals surface area contributed by atoms with Crippen molar-refractivity contribution in [1.29, 1.82) is 0 Å². The molecule has 0 spiro atoms. The molecular weight excluding hydrogens is 242 g/mol. The second-order valence-electron chi connectivity index (χ2n) is 2.67. The van der Waals surface area contributed by atoms with Gasteiger partial charge in [-0.15, -0.1) is 0 Å². The second kappa shape index (κ2) is 5.64. The van der Waals surface area contributed by atoms with E-state index in [1.54, 1.807) is 14.0 Å². The number of ether oxygens (including phenoxy) is 1. The average Bonchev–Trinajstić information content (AvgIpc) is 2.22. The van der Waals surface area contributed by atoms with Crippen molar-refractivity contribution < 1.29 is 13.5 Å². The molecule has 0 unspecified atom stereocenters. The molecule has 1 aromatic heterocycles. The van der Waals surface area contributed by atoms with Crippen LogP contribution < -0.4 is 15.4 Å². The van der Waals surface area contributed by atoms with Gasteiger partial charge in [0.15, 0.2) is 11.0 Å². The van der Waals surface area contributed by atoms with Crippen LogP contribution in [0.2, 0.25) is 5.15 Å². The van der Waals surface area contributed by atoms with Gasteiger partial charge in [-0.3, -0.25) is 0 Å². The maximum atomic E-state index is 12.1. The smallest absolute Gasteiger partial charge is 0.387 e. The standard InChI is InChI=1S/C8H11ClF2N4O/c1-3-13-6-4(16-7(10)11)5(9)14-8(12-2)15-6/h7H,3H2,1-2H3,(H2,12,13,14,15). The fourth-order valence-corrected chi connectivity index (χ4v) is 1.23. The van der Waals surface area contributed by atoms with Crippen molar-refractivity contribution in [2.75, 3.05) is 24.2 Å². The van der Waals surface area contributed by atoms with E-state index < -0.39 is 6.61 Å². The van der Waals surface area contributed by atoms with Crippen molar-refractivity contribution in [1.82, 2.24) is 9.97 Å². The molecule has 2 N–H and O–H groups in total. The van der Waals surface area contributed by atoms with E-state index in [1.807, 2.05) is 0 Å². The Morgan fingerprint density at radius 1 is 1.44 bits per heavy atom. The molecule has 8 heteroatoms. The monoisotopic (exact) mass is 252 g/mol. The molecule has 0 aliphatic rings. The van der Waals surface area contributed by atoms with Gasteiger partial charge in [0.05, 0.1) is 0 Å². The fourth-order valence-electron chi connectivity index (χ4n) is 1.02. The highest BCUT2D eigenvalue weighted by atomic mass is 35.5. The summed E-state index contributed by atoms with van der Waals surface area (Å²) >= 11 is 5.70. The van der Waals surface area contributed by atoms with Crippen LogP contribution in [0.5, 0.6) is 5.75 Å². The van der Waals surface area contributed by atoms with Gasteiger partial charge in [-0.1, -0.05) is 11.6 Å². The Labute approximate surface area is 96.2 Å². The molecule has 1 heterocycles. The second-order valence-corrected chi connectivity index (χ2v) is 3.03. The van der Waals surface area contributed by atoms with Crippen molar-refractivity contribution in [3.63, 3.8) is 0 Å². The molecular formula is C8H11ClF2N4O. The summed E-state index contributed by atoms with van der Waals surface area (Å²) in [5.41, 5.74) is 0. The first-order chi connectivity index (χ1) is 7.58. The summed E-state index contributed by atoms with van der Waals surface area (Å²) in [6.07, 6.45) is 0. The molecule has 0 bridgehead atoms. The number of anilines is 2. The topological polar surface area (TPSA) is 59.1 Å². The lowest BCUT2D eigenvalue weighted by Crippen LogP contribution is -2.10. The number of alkyl halides is 2. The predicted octanol–water partition coefficient (Wildman–Crippen LogP) is 2.20. The third kappa shape index (κ3) is 3.06. The molecule has 16 heavy (non-hydrogen) atoms. The van der Waals surface area contributed by atoms with E-state index in [-0.39, 0.29) is 22.7 Å². The highest BCUT2D eigenvalue weighted by Crippen LogP contribution is 2.32. The van der Waals surface area contributed by atoms with Crippen LogP contribution in [0, 0.1) is 0 Å². The summed E-state index contributed by atoms with van der Waals surface area (Å²) in [6, 6.07) is 0. The summed E-state index contributed by atoms with van der Waals surface area (Å²) in [6.45, 7) is -0.684. The van der Waals surface area contributed by atoms with E-state index in [9.17, 15) is 8.78 Å². The lowest BCUT2D eigenvalue weighted by atomic mass is 10.5. The first-order valence-electron chi connectivity index (χ1n) is 4.52. The molecule has 0 atom stereocenters. The van der Waals surface area contributed by atoms with Crippen LogP contribution in [0.1, 0.15) is 6.92 Å². The highest BCUT2D eigenvalue weighted by molar-refractivity contribution is 6.31. The van der Waals surface area contributed by atoms with E-state index in [2.05, 4.69) is 25.3 Å². The molecule has 0 aromatic carbocycles. The van der Waals surface area contributed by atoms with Gasteiger partial charge < -0.3 is 15.4 Å². The highest BCUT2D eigenvalue weighted by Gasteiger charge is 2.17. The maximum absolute atomic E-state index is 12.1. The largest absolute Gasteiger partial charge is 0.428 e. The molecule has 0 amide bonds. The number of nitrogens with one attached hydrogen (secondary N) is 2. The van der Waals surface area contributed by atoms with Crippen LogP contribution in [0.4, 0.5) is 20.5 Å². The molecule has 0 aliphatic carbocycles. The number of nitrogens with zero attached hydrogens (tertiary/aromatic N) is 2. The van der Waals surface area contributed by atoms with Crippen LogP contribution in [0.3, 0.4) is 0 Å². The average molecular weight is 253 g/mol. The maximum Gasteiger partial charge on any atom is 0.387 e.